The van der Waals surface area contributed by atoms with Crippen molar-refractivity contribution in [2.75, 3.05) is 20.4 Å². The smallest absolute Gasteiger partial charge is 0.231 e. The molecule has 168 valence electrons. The summed E-state index contributed by atoms with van der Waals surface area (Å²) in [6.07, 6.45) is 3.86. The van der Waals surface area contributed by atoms with Gasteiger partial charge in [-0.05, 0) is 55.2 Å². The van der Waals surface area contributed by atoms with Crippen LogP contribution in [0.15, 0.2) is 66.4 Å². The Balaban J connectivity index is 1.32. The molecule has 3 aromatic carbocycles. The van der Waals surface area contributed by atoms with Gasteiger partial charge in [-0.25, -0.2) is 0 Å². The highest BCUT2D eigenvalue weighted by atomic mass is 16.5. The van der Waals surface area contributed by atoms with Crippen molar-refractivity contribution < 1.29 is 19.0 Å². The van der Waals surface area contributed by atoms with Gasteiger partial charge in [0.15, 0.2) is 5.76 Å². The predicted octanol–water partition coefficient (Wildman–Crippen LogP) is 5.40. The van der Waals surface area contributed by atoms with Gasteiger partial charge in [-0.1, -0.05) is 42.5 Å². The number of methoxy groups -OCH3 is 1. The van der Waals surface area contributed by atoms with Crippen LogP contribution in [0, 0.1) is 6.92 Å². The molecule has 5 nitrogen and oxygen atoms in total. The van der Waals surface area contributed by atoms with Gasteiger partial charge in [0.25, 0.3) is 0 Å². The molecule has 0 atom stereocenters. The first kappa shape index (κ1) is 21.3. The molecule has 0 amide bonds. The first-order chi connectivity index (χ1) is 16.1. The molecule has 0 saturated heterocycles. The zero-order chi connectivity index (χ0) is 22.8. The molecule has 0 aromatic heterocycles. The lowest BCUT2D eigenvalue weighted by Crippen LogP contribution is -2.33. The van der Waals surface area contributed by atoms with Crippen LogP contribution in [0.1, 0.15) is 39.0 Å². The molecule has 0 bridgehead atoms. The maximum atomic E-state index is 13.1. The largest absolute Gasteiger partial charge is 0.497 e. The summed E-state index contributed by atoms with van der Waals surface area (Å²) in [6.45, 7) is 4.21. The molecule has 0 saturated carbocycles. The molecule has 2 aliphatic rings. The lowest BCUT2D eigenvalue weighted by Gasteiger charge is -2.30. The maximum absolute atomic E-state index is 13.1. The molecule has 2 aliphatic heterocycles. The van der Waals surface area contributed by atoms with E-state index >= 15 is 0 Å². The Labute approximate surface area is 194 Å². The summed E-state index contributed by atoms with van der Waals surface area (Å²) in [4.78, 5) is 15.4. The molecule has 5 heteroatoms. The number of carbonyl (C=O) groups is 1. The number of fused-ring (bicyclic) bond motifs is 2. The van der Waals surface area contributed by atoms with E-state index in [0.717, 1.165) is 54.1 Å². The zero-order valence-electron chi connectivity index (χ0n) is 19.0. The number of hydrogen-bond donors (Lipinski definition) is 0. The first-order valence-corrected chi connectivity index (χ1v) is 11.3. The highest BCUT2D eigenvalue weighted by Crippen LogP contribution is 2.43. The van der Waals surface area contributed by atoms with Crippen LogP contribution in [-0.4, -0.2) is 31.1 Å². The zero-order valence-corrected chi connectivity index (χ0v) is 19.0. The number of ketones is 1. The van der Waals surface area contributed by atoms with Gasteiger partial charge in [0.1, 0.15) is 24.0 Å². The molecular formula is C28H27NO4. The molecule has 0 fully saturated rings. The molecule has 0 unspecified atom stereocenters. The number of nitrogens with zero attached hydrogens (tertiary/aromatic N) is 1. The van der Waals surface area contributed by atoms with Gasteiger partial charge in [-0.2, -0.15) is 0 Å². The summed E-state index contributed by atoms with van der Waals surface area (Å²) in [7, 11) is 1.62. The van der Waals surface area contributed by atoms with E-state index in [1.54, 1.807) is 13.2 Å². The van der Waals surface area contributed by atoms with E-state index in [2.05, 4.69) is 29.2 Å². The predicted molar refractivity (Wildman–Crippen MR) is 128 cm³/mol. The Kier molecular flexibility index (Phi) is 5.88. The third-order valence-electron chi connectivity index (χ3n) is 6.18. The Morgan fingerprint density at radius 1 is 1.06 bits per heavy atom. The molecular weight excluding hydrogens is 414 g/mol. The summed E-state index contributed by atoms with van der Waals surface area (Å²) >= 11 is 0. The van der Waals surface area contributed by atoms with E-state index in [1.165, 1.54) is 5.56 Å². The fourth-order valence-electron chi connectivity index (χ4n) is 4.47. The minimum atomic E-state index is -0.0973. The maximum Gasteiger partial charge on any atom is 0.231 e. The fraction of sp³-hybridized carbons (Fsp3) is 0.250. The van der Waals surface area contributed by atoms with Crippen LogP contribution in [-0.2, 0) is 13.0 Å². The van der Waals surface area contributed by atoms with Crippen molar-refractivity contribution in [2.24, 2.45) is 0 Å². The Bertz CT molecular complexity index is 1220. The summed E-state index contributed by atoms with van der Waals surface area (Å²) in [5, 5.41) is 0. The van der Waals surface area contributed by atoms with Crippen LogP contribution in [0.4, 0.5) is 0 Å². The van der Waals surface area contributed by atoms with Crippen LogP contribution in [0.3, 0.4) is 0 Å². The number of Topliss-reactive ketones (excluding diaryl/α,β-unsaturated/α-hetero) is 1. The van der Waals surface area contributed by atoms with Gasteiger partial charge < -0.3 is 14.2 Å². The normalized spacial score (nSPS) is 16.2. The van der Waals surface area contributed by atoms with Gasteiger partial charge in [-0.15, -0.1) is 0 Å². The monoisotopic (exact) mass is 441 g/mol. The second-order valence-electron chi connectivity index (χ2n) is 8.50. The van der Waals surface area contributed by atoms with Crippen LogP contribution >= 0.6 is 0 Å². The standard InChI is InChI=1S/C28H27NO4/c1-19-27-22(17-29(18-32-27)13-7-11-20-8-4-3-5-9-20)16-24-26(30)25(33-28(19)24)15-21-10-6-12-23(14-21)31-2/h3-6,8-10,12,14-16H,7,11,13,17-18H2,1-2H3/b25-15-. The number of aryl methyl sites for hydroxylation is 1. The third-order valence-corrected chi connectivity index (χ3v) is 6.18. The molecule has 3 aromatic rings. The first-order valence-electron chi connectivity index (χ1n) is 11.3. The van der Waals surface area contributed by atoms with Gasteiger partial charge in [0.05, 0.1) is 12.7 Å². The Hall–Kier alpha value is -3.57. The van der Waals surface area contributed by atoms with Crippen molar-refractivity contribution in [1.29, 1.82) is 0 Å². The molecule has 0 spiro atoms. The molecule has 5 rings (SSSR count). The minimum Gasteiger partial charge on any atom is -0.497 e. The summed E-state index contributed by atoms with van der Waals surface area (Å²) < 4.78 is 17.4. The Morgan fingerprint density at radius 2 is 1.91 bits per heavy atom. The lowest BCUT2D eigenvalue weighted by molar-refractivity contribution is 0.0932. The third kappa shape index (κ3) is 4.37. The highest BCUT2D eigenvalue weighted by Gasteiger charge is 2.33. The van der Waals surface area contributed by atoms with Crippen molar-refractivity contribution in [1.82, 2.24) is 4.90 Å². The summed E-state index contributed by atoms with van der Waals surface area (Å²) in [5.41, 5.74) is 4.73. The molecule has 0 N–H and O–H groups in total. The van der Waals surface area contributed by atoms with E-state index in [-0.39, 0.29) is 5.78 Å². The number of ether oxygens (including phenoxy) is 3. The SMILES string of the molecule is COc1cccc(/C=C2\Oc3c(cc4c(c3C)OCN(CCCc3ccccc3)C4)C2=O)c1. The van der Waals surface area contributed by atoms with Crippen LogP contribution < -0.4 is 14.2 Å². The van der Waals surface area contributed by atoms with Crippen molar-refractivity contribution in [3.05, 3.63) is 94.2 Å². The van der Waals surface area contributed by atoms with E-state index in [9.17, 15) is 4.79 Å². The van der Waals surface area contributed by atoms with E-state index in [0.29, 0.717) is 23.8 Å². The van der Waals surface area contributed by atoms with Gasteiger partial charge >= 0.3 is 0 Å². The highest BCUT2D eigenvalue weighted by molar-refractivity contribution is 6.15. The quantitative estimate of drug-likeness (QED) is 0.479. The van der Waals surface area contributed by atoms with Crippen LogP contribution in [0.25, 0.3) is 6.08 Å². The summed E-state index contributed by atoms with van der Waals surface area (Å²) in [6, 6.07) is 20.0. The van der Waals surface area contributed by atoms with Crippen molar-refractivity contribution in [3.8, 4) is 17.2 Å². The van der Waals surface area contributed by atoms with Crippen molar-refractivity contribution >= 4 is 11.9 Å². The number of benzene rings is 3. The van der Waals surface area contributed by atoms with Crippen LogP contribution in [0.5, 0.6) is 17.2 Å². The van der Waals surface area contributed by atoms with Gasteiger partial charge in [0.2, 0.25) is 5.78 Å². The lowest BCUT2D eigenvalue weighted by atomic mass is 10.00. The average molecular weight is 442 g/mol. The van der Waals surface area contributed by atoms with Crippen LogP contribution in [0.2, 0.25) is 0 Å². The second kappa shape index (κ2) is 9.12. The molecule has 0 radical (unpaired) electrons. The topological polar surface area (TPSA) is 48.0 Å². The van der Waals surface area contributed by atoms with Gasteiger partial charge in [0, 0.05) is 24.2 Å². The number of rotatable bonds is 6. The number of allylic oxidation sites excluding steroid dienone is 1. The van der Waals surface area contributed by atoms with Crippen molar-refractivity contribution in [3.63, 3.8) is 0 Å². The second-order valence-corrected chi connectivity index (χ2v) is 8.50. The van der Waals surface area contributed by atoms with Gasteiger partial charge in [-0.3, -0.25) is 9.69 Å². The summed E-state index contributed by atoms with van der Waals surface area (Å²) in [5.74, 6) is 2.40. The Morgan fingerprint density at radius 3 is 2.73 bits per heavy atom. The van der Waals surface area contributed by atoms with E-state index in [1.807, 2.05) is 43.3 Å². The molecule has 2 heterocycles. The number of carbonyl (C=O) groups excluding carboxylic acids is 1. The van der Waals surface area contributed by atoms with E-state index < -0.39 is 0 Å². The van der Waals surface area contributed by atoms with E-state index in [4.69, 9.17) is 14.2 Å². The average Bonchev–Trinajstić information content (AvgIpc) is 3.15. The molecule has 0 aliphatic carbocycles. The minimum absolute atomic E-state index is 0.0973. The molecule has 33 heavy (non-hydrogen) atoms. The number of hydrogen-bond acceptors (Lipinski definition) is 5. The fourth-order valence-corrected chi connectivity index (χ4v) is 4.47. The van der Waals surface area contributed by atoms with Crippen molar-refractivity contribution in [2.45, 2.75) is 26.3 Å².